The second kappa shape index (κ2) is 8.70. The first-order chi connectivity index (χ1) is 14.6. The molecule has 0 bridgehead atoms. The van der Waals surface area contributed by atoms with Crippen LogP contribution in [0.5, 0.6) is 17.6 Å². The third-order valence-electron chi connectivity index (χ3n) is 4.80. The molecule has 1 saturated heterocycles. The molecule has 1 amide bonds. The number of hydrogen-bond donors (Lipinski definition) is 0. The molecule has 10 heteroatoms. The van der Waals surface area contributed by atoms with Crippen LogP contribution in [-0.4, -0.2) is 72.8 Å². The van der Waals surface area contributed by atoms with E-state index < -0.39 is 0 Å². The third-order valence-corrected chi connectivity index (χ3v) is 5.88. The van der Waals surface area contributed by atoms with Crippen molar-refractivity contribution in [1.29, 1.82) is 0 Å². The zero-order valence-corrected chi connectivity index (χ0v) is 17.9. The number of thiazole rings is 1. The van der Waals surface area contributed by atoms with Crippen LogP contribution in [0.3, 0.4) is 0 Å². The summed E-state index contributed by atoms with van der Waals surface area (Å²) in [5.74, 6) is 0.929. The van der Waals surface area contributed by atoms with Crippen molar-refractivity contribution in [2.45, 2.75) is 6.92 Å². The lowest BCUT2D eigenvalue weighted by Gasteiger charge is -2.34. The second-order valence-electron chi connectivity index (χ2n) is 6.59. The quantitative estimate of drug-likeness (QED) is 0.590. The first kappa shape index (κ1) is 20.1. The van der Waals surface area contributed by atoms with Gasteiger partial charge < -0.3 is 24.0 Å². The molecule has 0 radical (unpaired) electrons. The molecule has 1 aromatic carbocycles. The van der Waals surface area contributed by atoms with E-state index in [1.807, 2.05) is 19.1 Å². The van der Waals surface area contributed by atoms with E-state index in [1.165, 1.54) is 20.3 Å². The summed E-state index contributed by atoms with van der Waals surface area (Å²) in [5, 5.41) is 0.939. The molecule has 1 aliphatic heterocycles. The van der Waals surface area contributed by atoms with Gasteiger partial charge in [0.1, 0.15) is 17.0 Å². The van der Waals surface area contributed by atoms with Gasteiger partial charge in [0, 0.05) is 32.2 Å². The molecule has 0 N–H and O–H groups in total. The highest BCUT2D eigenvalue weighted by Gasteiger charge is 2.26. The number of piperazine rings is 1. The number of hydrogen-bond acceptors (Lipinski definition) is 9. The molecule has 3 heterocycles. The highest BCUT2D eigenvalue weighted by atomic mass is 32.1. The Morgan fingerprint density at radius 1 is 1.10 bits per heavy atom. The van der Waals surface area contributed by atoms with Crippen molar-refractivity contribution in [3.8, 4) is 17.6 Å². The van der Waals surface area contributed by atoms with Gasteiger partial charge in [-0.2, -0.15) is 9.97 Å². The molecule has 0 spiro atoms. The average molecular weight is 430 g/mol. The van der Waals surface area contributed by atoms with Crippen LogP contribution in [0.4, 0.5) is 5.13 Å². The molecule has 30 heavy (non-hydrogen) atoms. The number of benzene rings is 1. The Hall–Kier alpha value is -3.14. The maximum absolute atomic E-state index is 12.9. The van der Waals surface area contributed by atoms with Crippen LogP contribution >= 0.6 is 11.3 Å². The van der Waals surface area contributed by atoms with Gasteiger partial charge in [-0.3, -0.25) is 4.79 Å². The largest absolute Gasteiger partial charge is 0.492 e. The van der Waals surface area contributed by atoms with Gasteiger partial charge in [-0.1, -0.05) is 17.4 Å². The van der Waals surface area contributed by atoms with E-state index in [-0.39, 0.29) is 17.6 Å². The standard InChI is InChI=1S/C20H23N5O4S/c1-4-29-14-6-5-7-15-17(14)23-20(30-15)25-10-8-24(9-11-25)18(26)13-12-16(27-2)22-19(21-13)28-3/h5-7,12H,4,8-11H2,1-3H3. The summed E-state index contributed by atoms with van der Waals surface area (Å²) in [5.41, 5.74) is 1.14. The van der Waals surface area contributed by atoms with Crippen LogP contribution in [0, 0.1) is 0 Å². The molecule has 158 valence electrons. The molecule has 0 unspecified atom stereocenters. The zero-order chi connectivity index (χ0) is 21.1. The van der Waals surface area contributed by atoms with Crippen molar-refractivity contribution in [1.82, 2.24) is 19.9 Å². The number of anilines is 1. The fraction of sp³-hybridized carbons (Fsp3) is 0.400. The molecular weight excluding hydrogens is 406 g/mol. The Morgan fingerprint density at radius 3 is 2.60 bits per heavy atom. The van der Waals surface area contributed by atoms with Gasteiger partial charge >= 0.3 is 6.01 Å². The first-order valence-corrected chi connectivity index (χ1v) is 10.5. The van der Waals surface area contributed by atoms with Crippen LogP contribution < -0.4 is 19.1 Å². The first-order valence-electron chi connectivity index (χ1n) is 9.66. The number of amides is 1. The number of rotatable bonds is 6. The fourth-order valence-electron chi connectivity index (χ4n) is 3.29. The van der Waals surface area contributed by atoms with Crippen LogP contribution in [0.2, 0.25) is 0 Å². The van der Waals surface area contributed by atoms with E-state index >= 15 is 0 Å². The predicted molar refractivity (Wildman–Crippen MR) is 114 cm³/mol. The monoisotopic (exact) mass is 429 g/mol. The Bertz CT molecular complexity index is 1030. The topological polar surface area (TPSA) is 89.9 Å². The van der Waals surface area contributed by atoms with E-state index in [0.717, 1.165) is 21.1 Å². The fourth-order valence-corrected chi connectivity index (χ4v) is 4.33. The maximum Gasteiger partial charge on any atom is 0.320 e. The summed E-state index contributed by atoms with van der Waals surface area (Å²) >= 11 is 1.64. The predicted octanol–water partition coefficient (Wildman–Crippen LogP) is 2.46. The van der Waals surface area contributed by atoms with Gasteiger partial charge in [0.15, 0.2) is 5.13 Å². The number of carbonyl (C=O) groups excluding carboxylic acids is 1. The Kier molecular flexibility index (Phi) is 5.84. The molecule has 4 rings (SSSR count). The zero-order valence-electron chi connectivity index (χ0n) is 17.1. The summed E-state index contributed by atoms with van der Waals surface area (Å²) in [7, 11) is 2.94. The number of methoxy groups -OCH3 is 2. The Labute approximate surface area is 178 Å². The minimum Gasteiger partial charge on any atom is -0.492 e. The van der Waals surface area contributed by atoms with Gasteiger partial charge in [0.25, 0.3) is 5.91 Å². The molecule has 3 aromatic rings. The number of carbonyl (C=O) groups is 1. The van der Waals surface area contributed by atoms with E-state index in [4.69, 9.17) is 19.2 Å². The van der Waals surface area contributed by atoms with Crippen LogP contribution in [-0.2, 0) is 0 Å². The number of para-hydroxylation sites is 1. The Balaban J connectivity index is 1.47. The lowest BCUT2D eigenvalue weighted by atomic mass is 10.2. The molecular formula is C20H23N5O4S. The SMILES string of the molecule is CCOc1cccc2sc(N3CCN(C(=O)c4cc(OC)nc(OC)n4)CC3)nc12. The number of nitrogens with zero attached hydrogens (tertiary/aromatic N) is 5. The number of fused-ring (bicyclic) bond motifs is 1. The molecule has 2 aromatic heterocycles. The normalized spacial score (nSPS) is 14.1. The van der Waals surface area contributed by atoms with Crippen molar-refractivity contribution >= 4 is 32.6 Å². The van der Waals surface area contributed by atoms with Crippen LogP contribution in [0.25, 0.3) is 10.2 Å². The number of aromatic nitrogens is 3. The molecule has 0 saturated carbocycles. The van der Waals surface area contributed by atoms with E-state index in [2.05, 4.69) is 20.9 Å². The lowest BCUT2D eigenvalue weighted by Crippen LogP contribution is -2.49. The summed E-state index contributed by atoms with van der Waals surface area (Å²) in [6, 6.07) is 7.61. The average Bonchev–Trinajstić information content (AvgIpc) is 3.24. The van der Waals surface area contributed by atoms with Gasteiger partial charge in [0.05, 0.1) is 25.5 Å². The van der Waals surface area contributed by atoms with Crippen molar-refractivity contribution < 1.29 is 19.0 Å². The van der Waals surface area contributed by atoms with Crippen molar-refractivity contribution in [3.05, 3.63) is 30.0 Å². The molecule has 1 aliphatic rings. The number of ether oxygens (including phenoxy) is 3. The summed E-state index contributed by atoms with van der Waals surface area (Å²) < 4.78 is 17.0. The minimum absolute atomic E-state index is 0.107. The molecule has 0 atom stereocenters. The van der Waals surface area contributed by atoms with Crippen molar-refractivity contribution in [2.24, 2.45) is 0 Å². The molecule has 0 aliphatic carbocycles. The van der Waals surface area contributed by atoms with Crippen LogP contribution in [0.1, 0.15) is 17.4 Å². The van der Waals surface area contributed by atoms with E-state index in [0.29, 0.717) is 38.7 Å². The highest BCUT2D eigenvalue weighted by Crippen LogP contribution is 2.34. The summed E-state index contributed by atoms with van der Waals surface area (Å²) in [4.78, 5) is 29.9. The third kappa shape index (κ3) is 3.95. The van der Waals surface area contributed by atoms with Gasteiger partial charge in [0.2, 0.25) is 5.88 Å². The van der Waals surface area contributed by atoms with Crippen LogP contribution in [0.15, 0.2) is 24.3 Å². The van der Waals surface area contributed by atoms with Crippen molar-refractivity contribution in [3.63, 3.8) is 0 Å². The molecule has 1 fully saturated rings. The van der Waals surface area contributed by atoms with Gasteiger partial charge in [-0.15, -0.1) is 0 Å². The second-order valence-corrected chi connectivity index (χ2v) is 7.60. The van der Waals surface area contributed by atoms with Gasteiger partial charge in [-0.05, 0) is 19.1 Å². The van der Waals surface area contributed by atoms with E-state index in [1.54, 1.807) is 16.2 Å². The summed E-state index contributed by atoms with van der Waals surface area (Å²) in [6.07, 6.45) is 0. The van der Waals surface area contributed by atoms with Gasteiger partial charge in [-0.25, -0.2) is 4.98 Å². The smallest absolute Gasteiger partial charge is 0.320 e. The molecule has 9 nitrogen and oxygen atoms in total. The van der Waals surface area contributed by atoms with E-state index in [9.17, 15) is 4.79 Å². The maximum atomic E-state index is 12.9. The minimum atomic E-state index is -0.170. The Morgan fingerprint density at radius 2 is 1.90 bits per heavy atom. The van der Waals surface area contributed by atoms with Crippen molar-refractivity contribution in [2.75, 3.05) is 51.9 Å². The lowest BCUT2D eigenvalue weighted by molar-refractivity contribution is 0.0739. The highest BCUT2D eigenvalue weighted by molar-refractivity contribution is 7.22. The summed E-state index contributed by atoms with van der Waals surface area (Å²) in [6.45, 7) is 5.09.